The third kappa shape index (κ3) is 3.92. The van der Waals surface area contributed by atoms with Gasteiger partial charge in [0, 0.05) is 36.3 Å². The molecule has 0 aliphatic carbocycles. The zero-order valence-corrected chi connectivity index (χ0v) is 16.4. The van der Waals surface area contributed by atoms with Gasteiger partial charge in [-0.3, -0.25) is 19.7 Å². The number of aliphatic hydroxyl groups excluding tert-OH is 1. The Morgan fingerprint density at radius 2 is 1.90 bits per heavy atom. The van der Waals surface area contributed by atoms with E-state index >= 15 is 0 Å². The second-order valence-corrected chi connectivity index (χ2v) is 7.12. The Balaban J connectivity index is 2.19. The Morgan fingerprint density at radius 1 is 1.20 bits per heavy atom. The van der Waals surface area contributed by atoms with Crippen LogP contribution in [0.1, 0.15) is 17.2 Å². The van der Waals surface area contributed by atoms with Gasteiger partial charge in [-0.1, -0.05) is 30.3 Å². The first-order valence-corrected chi connectivity index (χ1v) is 9.14. The summed E-state index contributed by atoms with van der Waals surface area (Å²) in [6, 6.07) is 9.61. The smallest absolute Gasteiger partial charge is 0.295 e. The van der Waals surface area contributed by atoms with Gasteiger partial charge >= 0.3 is 0 Å². The lowest BCUT2D eigenvalue weighted by Crippen LogP contribution is -2.35. The Hall–Kier alpha value is -3.59. The average Bonchev–Trinajstić information content (AvgIpc) is 2.96. The molecule has 0 bridgehead atoms. The van der Waals surface area contributed by atoms with Crippen molar-refractivity contribution in [1.29, 1.82) is 0 Å². The van der Waals surface area contributed by atoms with Crippen molar-refractivity contribution >= 4 is 23.1 Å². The first-order chi connectivity index (χ1) is 14.2. The van der Waals surface area contributed by atoms with Crippen molar-refractivity contribution in [3.05, 3.63) is 81.2 Å². The number of nitro benzene ring substituents is 1. The number of likely N-dealkylation sites (tertiary alicyclic amines) is 1. The number of hydrogen-bond donors (Lipinski definition) is 1. The van der Waals surface area contributed by atoms with Crippen LogP contribution in [-0.4, -0.2) is 58.7 Å². The molecule has 1 aliphatic rings. The van der Waals surface area contributed by atoms with Crippen LogP contribution in [0.25, 0.3) is 5.76 Å². The summed E-state index contributed by atoms with van der Waals surface area (Å²) < 4.78 is 14.6. The van der Waals surface area contributed by atoms with E-state index < -0.39 is 34.2 Å². The third-order valence-corrected chi connectivity index (χ3v) is 4.86. The number of Topliss-reactive ketones (excluding diaryl/α,β-unsaturated/α-hetero) is 1. The second kappa shape index (κ2) is 8.42. The lowest BCUT2D eigenvalue weighted by atomic mass is 9.95. The molecule has 8 nitrogen and oxygen atoms in total. The number of amides is 1. The SMILES string of the molecule is CN(C)CCN1C(=O)C(=O)/C(=C(/O)c2cccc([N+](=O)[O-])c2)C1c1ccccc1F. The van der Waals surface area contributed by atoms with Crippen molar-refractivity contribution in [3.63, 3.8) is 0 Å². The predicted octanol–water partition coefficient (Wildman–Crippen LogP) is 2.72. The molecule has 2 aromatic rings. The number of rotatable bonds is 6. The lowest BCUT2D eigenvalue weighted by molar-refractivity contribution is -0.384. The minimum Gasteiger partial charge on any atom is -0.507 e. The Kier molecular flexibility index (Phi) is 5.93. The fraction of sp³-hybridized carbons (Fsp3) is 0.238. The fourth-order valence-electron chi connectivity index (χ4n) is 3.36. The minimum atomic E-state index is -1.15. The number of aliphatic hydroxyl groups is 1. The minimum absolute atomic E-state index is 0.00357. The summed E-state index contributed by atoms with van der Waals surface area (Å²) >= 11 is 0. The number of carbonyl (C=O) groups excluding carboxylic acids is 2. The summed E-state index contributed by atoms with van der Waals surface area (Å²) in [5.41, 5.74) is -0.536. The van der Waals surface area contributed by atoms with Gasteiger partial charge in [0.15, 0.2) is 0 Å². The molecule has 2 aromatic carbocycles. The highest BCUT2D eigenvalue weighted by Gasteiger charge is 2.46. The molecule has 1 heterocycles. The highest BCUT2D eigenvalue weighted by Crippen LogP contribution is 2.40. The largest absolute Gasteiger partial charge is 0.507 e. The zero-order chi connectivity index (χ0) is 22.0. The maximum absolute atomic E-state index is 14.6. The summed E-state index contributed by atoms with van der Waals surface area (Å²) in [5, 5.41) is 21.9. The molecule has 3 rings (SSSR count). The van der Waals surface area contributed by atoms with Crippen molar-refractivity contribution in [2.24, 2.45) is 0 Å². The van der Waals surface area contributed by atoms with Crippen LogP contribution in [-0.2, 0) is 9.59 Å². The number of ketones is 1. The van der Waals surface area contributed by atoms with E-state index in [0.717, 1.165) is 6.07 Å². The first kappa shape index (κ1) is 21.1. The number of nitro groups is 1. The van der Waals surface area contributed by atoms with E-state index in [4.69, 9.17) is 0 Å². The van der Waals surface area contributed by atoms with Crippen LogP contribution in [0.15, 0.2) is 54.1 Å². The first-order valence-electron chi connectivity index (χ1n) is 9.14. The monoisotopic (exact) mass is 413 g/mol. The maximum Gasteiger partial charge on any atom is 0.295 e. The summed E-state index contributed by atoms with van der Waals surface area (Å²) in [7, 11) is 3.58. The molecule has 0 radical (unpaired) electrons. The van der Waals surface area contributed by atoms with Crippen molar-refractivity contribution in [3.8, 4) is 0 Å². The summed E-state index contributed by atoms with van der Waals surface area (Å²) in [6.07, 6.45) is 0. The number of benzene rings is 2. The topological polar surface area (TPSA) is 104 Å². The second-order valence-electron chi connectivity index (χ2n) is 7.12. The van der Waals surface area contributed by atoms with Gasteiger partial charge in [-0.2, -0.15) is 0 Å². The van der Waals surface area contributed by atoms with E-state index in [0.29, 0.717) is 6.54 Å². The van der Waals surface area contributed by atoms with Gasteiger partial charge in [0.2, 0.25) is 0 Å². The summed E-state index contributed by atoms with van der Waals surface area (Å²) in [4.78, 5) is 39.0. The quantitative estimate of drug-likeness (QED) is 0.257. The summed E-state index contributed by atoms with van der Waals surface area (Å²) in [6.45, 7) is 0.539. The van der Waals surface area contributed by atoms with Crippen LogP contribution in [0, 0.1) is 15.9 Å². The molecule has 30 heavy (non-hydrogen) atoms. The molecule has 1 saturated heterocycles. The molecule has 1 atom stereocenters. The number of carbonyl (C=O) groups is 2. The van der Waals surface area contributed by atoms with Crippen molar-refractivity contribution in [2.45, 2.75) is 6.04 Å². The molecule has 156 valence electrons. The van der Waals surface area contributed by atoms with E-state index in [1.165, 1.54) is 41.3 Å². The maximum atomic E-state index is 14.6. The van der Waals surface area contributed by atoms with E-state index in [2.05, 4.69) is 0 Å². The van der Waals surface area contributed by atoms with Crippen LogP contribution in [0.4, 0.5) is 10.1 Å². The third-order valence-electron chi connectivity index (χ3n) is 4.86. The number of halogens is 1. The molecular weight excluding hydrogens is 393 g/mol. The van der Waals surface area contributed by atoms with Crippen molar-refractivity contribution < 1.29 is 24.0 Å². The molecule has 1 fully saturated rings. The van der Waals surface area contributed by atoms with Gasteiger partial charge in [-0.25, -0.2) is 4.39 Å². The van der Waals surface area contributed by atoms with Gasteiger partial charge in [0.05, 0.1) is 16.5 Å². The number of non-ortho nitro benzene ring substituents is 1. The molecule has 0 saturated carbocycles. The van der Waals surface area contributed by atoms with E-state index in [1.807, 2.05) is 0 Å². The highest BCUT2D eigenvalue weighted by molar-refractivity contribution is 6.46. The molecular formula is C21H20FN3O5. The number of hydrogen-bond acceptors (Lipinski definition) is 6. The van der Waals surface area contributed by atoms with E-state index in [9.17, 15) is 29.2 Å². The van der Waals surface area contributed by atoms with Gasteiger partial charge in [-0.05, 0) is 20.2 Å². The fourth-order valence-corrected chi connectivity index (χ4v) is 3.36. The van der Waals surface area contributed by atoms with E-state index in [1.54, 1.807) is 25.1 Å². The van der Waals surface area contributed by atoms with Gasteiger partial charge in [0.1, 0.15) is 11.6 Å². The number of nitrogens with zero attached hydrogens (tertiary/aromatic N) is 3. The predicted molar refractivity (Wildman–Crippen MR) is 107 cm³/mol. The Morgan fingerprint density at radius 3 is 2.53 bits per heavy atom. The standard InChI is InChI=1S/C21H20FN3O5/c1-23(2)10-11-24-18(15-8-3-4-9-16(15)22)17(20(27)21(24)28)19(26)13-6-5-7-14(12-13)25(29)30/h3-9,12,18,26H,10-11H2,1-2H3/b19-17+. The molecule has 1 unspecified atom stereocenters. The molecule has 0 aromatic heterocycles. The number of likely N-dealkylation sites (N-methyl/N-ethyl adjacent to an activating group) is 1. The van der Waals surface area contributed by atoms with Gasteiger partial charge < -0.3 is 14.9 Å². The van der Waals surface area contributed by atoms with Gasteiger partial charge in [-0.15, -0.1) is 0 Å². The highest BCUT2D eigenvalue weighted by atomic mass is 19.1. The van der Waals surface area contributed by atoms with Gasteiger partial charge in [0.25, 0.3) is 17.4 Å². The Labute approximate surface area is 172 Å². The van der Waals surface area contributed by atoms with Crippen LogP contribution in [0.3, 0.4) is 0 Å². The van der Waals surface area contributed by atoms with Crippen LogP contribution >= 0.6 is 0 Å². The van der Waals surface area contributed by atoms with E-state index in [-0.39, 0.29) is 28.9 Å². The Bertz CT molecular complexity index is 1050. The molecule has 1 aliphatic heterocycles. The molecule has 1 N–H and O–H groups in total. The molecule has 0 spiro atoms. The summed E-state index contributed by atoms with van der Waals surface area (Å²) in [5.74, 6) is -3.05. The van der Waals surface area contributed by atoms with Crippen LogP contribution in [0.2, 0.25) is 0 Å². The lowest BCUT2D eigenvalue weighted by Gasteiger charge is -2.26. The van der Waals surface area contributed by atoms with Crippen LogP contribution in [0.5, 0.6) is 0 Å². The zero-order valence-electron chi connectivity index (χ0n) is 16.4. The van der Waals surface area contributed by atoms with Crippen molar-refractivity contribution in [2.75, 3.05) is 27.2 Å². The van der Waals surface area contributed by atoms with Crippen LogP contribution < -0.4 is 0 Å². The van der Waals surface area contributed by atoms with Crippen molar-refractivity contribution in [1.82, 2.24) is 9.80 Å². The normalized spacial score (nSPS) is 18.3. The molecule has 1 amide bonds. The average molecular weight is 413 g/mol. The molecule has 9 heteroatoms.